The van der Waals surface area contributed by atoms with Crippen LogP contribution in [0.15, 0.2) is 103 Å². The molecular weight excluding hydrogens is 669 g/mol. The fourth-order valence-corrected chi connectivity index (χ4v) is 4.20. The Morgan fingerprint density at radius 1 is 0.867 bits per heavy atom. The molecule has 3 heteroatoms. The molecule has 1 saturated carbocycles. The number of allylic oxidation sites excluding steroid dienone is 8. The molecule has 0 N–H and O–H groups in total. The van der Waals surface area contributed by atoms with E-state index >= 15 is 0 Å². The van der Waals surface area contributed by atoms with E-state index in [0.717, 1.165) is 12.3 Å². The first-order chi connectivity index (χ1) is 13.8. The second-order valence-corrected chi connectivity index (χ2v) is 8.15. The molecule has 3 aliphatic rings. The molecule has 5 rings (SSSR count). The van der Waals surface area contributed by atoms with Crippen molar-refractivity contribution in [2.75, 3.05) is 0 Å². The van der Waals surface area contributed by atoms with Gasteiger partial charge in [-0.05, 0) is 12.3 Å². The van der Waals surface area contributed by atoms with Gasteiger partial charge < -0.3 is 48.0 Å². The SMILES string of the molecule is C1=CCC2CC[CH-]C2=C1.[C-]1=CC=CC1.[I-].[I-].[Zr+2]=[C](c1ccccc1)c1ccccc1. The predicted octanol–water partition coefficient (Wildman–Crippen LogP) is 0.603. The van der Waals surface area contributed by atoms with E-state index in [0.29, 0.717) is 0 Å². The maximum atomic E-state index is 2.99. The van der Waals surface area contributed by atoms with Crippen LogP contribution < -0.4 is 48.0 Å². The van der Waals surface area contributed by atoms with Gasteiger partial charge in [-0.1, -0.05) is 6.42 Å². The van der Waals surface area contributed by atoms with E-state index in [1.807, 2.05) is 12.2 Å². The zero-order chi connectivity index (χ0) is 19.4. The van der Waals surface area contributed by atoms with Crippen molar-refractivity contribution in [2.24, 2.45) is 5.92 Å². The van der Waals surface area contributed by atoms with Crippen LogP contribution in [0.2, 0.25) is 0 Å². The fraction of sp³-hybridized carbons (Fsp3) is 0.185. The molecule has 0 saturated heterocycles. The average Bonchev–Trinajstić information content (AvgIpc) is 3.50. The van der Waals surface area contributed by atoms with Crippen molar-refractivity contribution in [1.29, 1.82) is 0 Å². The molecule has 0 radical (unpaired) electrons. The van der Waals surface area contributed by atoms with Gasteiger partial charge in [0.2, 0.25) is 0 Å². The van der Waals surface area contributed by atoms with Gasteiger partial charge in [-0.25, -0.2) is 30.2 Å². The molecule has 3 aliphatic carbocycles. The first-order valence-electron chi connectivity index (χ1n) is 9.95. The van der Waals surface area contributed by atoms with Gasteiger partial charge in [0.15, 0.2) is 0 Å². The Hall–Kier alpha value is -0.517. The second kappa shape index (κ2) is 16.2. The number of rotatable bonds is 2. The molecular formula is C27H26I2Zr-2. The van der Waals surface area contributed by atoms with Crippen molar-refractivity contribution in [3.63, 3.8) is 0 Å². The summed E-state index contributed by atoms with van der Waals surface area (Å²) in [5.41, 5.74) is 4.24. The summed E-state index contributed by atoms with van der Waals surface area (Å²) in [5.74, 6) is 0.884. The number of hydrogen-bond donors (Lipinski definition) is 0. The van der Waals surface area contributed by atoms with Crippen molar-refractivity contribution >= 4 is 3.21 Å². The molecule has 0 amide bonds. The zero-order valence-electron chi connectivity index (χ0n) is 17.0. The van der Waals surface area contributed by atoms with Crippen molar-refractivity contribution in [3.05, 3.63) is 126 Å². The maximum absolute atomic E-state index is 2.99. The van der Waals surface area contributed by atoms with E-state index in [9.17, 15) is 0 Å². The monoisotopic (exact) mass is 694 g/mol. The number of benzene rings is 2. The molecule has 0 bridgehead atoms. The van der Waals surface area contributed by atoms with E-state index in [-0.39, 0.29) is 48.0 Å². The Bertz CT molecular complexity index is 813. The molecule has 1 atom stereocenters. The average molecular weight is 696 g/mol. The molecule has 30 heavy (non-hydrogen) atoms. The second-order valence-electron chi connectivity index (χ2n) is 6.92. The van der Waals surface area contributed by atoms with Crippen LogP contribution >= 0.6 is 0 Å². The summed E-state index contributed by atoms with van der Waals surface area (Å²) in [6.07, 6.45) is 23.0. The number of hydrogen-bond acceptors (Lipinski definition) is 0. The van der Waals surface area contributed by atoms with E-state index in [2.05, 4.69) is 97.5 Å². The summed E-state index contributed by atoms with van der Waals surface area (Å²) < 4.78 is 1.42. The van der Waals surface area contributed by atoms with Crippen LogP contribution in [0.5, 0.6) is 0 Å². The Kier molecular flexibility index (Phi) is 14.8. The molecule has 0 nitrogen and oxygen atoms in total. The number of fused-ring (bicyclic) bond motifs is 1. The van der Waals surface area contributed by atoms with Gasteiger partial charge in [-0.2, -0.15) is 6.08 Å². The van der Waals surface area contributed by atoms with Crippen LogP contribution in [0.3, 0.4) is 0 Å². The van der Waals surface area contributed by atoms with Crippen LogP contribution in [0, 0.1) is 18.4 Å². The first kappa shape index (κ1) is 27.5. The van der Waals surface area contributed by atoms with Crippen LogP contribution in [0.25, 0.3) is 0 Å². The van der Waals surface area contributed by atoms with E-state index in [1.54, 1.807) is 5.57 Å². The zero-order valence-corrected chi connectivity index (χ0v) is 23.7. The molecule has 0 aromatic heterocycles. The summed E-state index contributed by atoms with van der Waals surface area (Å²) in [7, 11) is 0. The molecule has 0 aliphatic heterocycles. The van der Waals surface area contributed by atoms with E-state index < -0.39 is 0 Å². The van der Waals surface area contributed by atoms with Gasteiger partial charge in [0.25, 0.3) is 0 Å². The van der Waals surface area contributed by atoms with E-state index in [1.165, 1.54) is 57.8 Å². The van der Waals surface area contributed by atoms with Crippen LogP contribution in [-0.2, 0) is 24.2 Å². The third-order valence-electron chi connectivity index (χ3n) is 4.92. The van der Waals surface area contributed by atoms with Crippen LogP contribution in [-0.4, -0.2) is 3.21 Å². The summed E-state index contributed by atoms with van der Waals surface area (Å²) in [4.78, 5) is 0. The van der Waals surface area contributed by atoms with Crippen molar-refractivity contribution in [3.8, 4) is 0 Å². The predicted molar refractivity (Wildman–Crippen MR) is 117 cm³/mol. The fourth-order valence-electron chi connectivity index (χ4n) is 3.38. The van der Waals surface area contributed by atoms with Gasteiger partial charge in [-0.15, -0.1) is 25.0 Å². The minimum atomic E-state index is 0. The normalized spacial score (nSPS) is 16.9. The van der Waals surface area contributed by atoms with Crippen LogP contribution in [0.4, 0.5) is 0 Å². The van der Waals surface area contributed by atoms with Gasteiger partial charge >= 0.3 is 99.2 Å². The summed E-state index contributed by atoms with van der Waals surface area (Å²) in [5, 5.41) is 0. The quantitative estimate of drug-likeness (QED) is 0.320. The van der Waals surface area contributed by atoms with E-state index in [4.69, 9.17) is 0 Å². The van der Waals surface area contributed by atoms with Gasteiger partial charge in [0, 0.05) is 0 Å². The third kappa shape index (κ3) is 9.32. The van der Waals surface area contributed by atoms with Crippen LogP contribution in [0.1, 0.15) is 36.8 Å². The van der Waals surface area contributed by atoms with Crippen molar-refractivity contribution < 1.29 is 72.2 Å². The van der Waals surface area contributed by atoms with Crippen molar-refractivity contribution in [2.45, 2.75) is 25.7 Å². The summed E-state index contributed by atoms with van der Waals surface area (Å²) in [6, 6.07) is 21.1. The number of halogens is 2. The molecule has 0 heterocycles. The van der Waals surface area contributed by atoms with Gasteiger partial charge in [-0.3, -0.25) is 6.08 Å². The molecule has 0 spiro atoms. The molecule has 1 fully saturated rings. The first-order valence-corrected chi connectivity index (χ1v) is 11.2. The topological polar surface area (TPSA) is 0 Å². The molecule has 2 aromatic rings. The third-order valence-corrected chi connectivity index (χ3v) is 6.34. The Morgan fingerprint density at radius 2 is 1.50 bits per heavy atom. The van der Waals surface area contributed by atoms with Gasteiger partial charge in [0.05, 0.1) is 0 Å². The Balaban J connectivity index is 0.000000242. The Morgan fingerprint density at radius 3 is 1.97 bits per heavy atom. The molecule has 2 aromatic carbocycles. The molecule has 154 valence electrons. The van der Waals surface area contributed by atoms with Gasteiger partial charge in [0.1, 0.15) is 0 Å². The standard InChI is InChI=1S/C13H10.C9H11.C5H5.2HI.Zr/c1-3-7-12(8-4-1)11-13-9-5-2-6-10-13;1-2-5-9-7-3-6-8(9)4-1;1-2-4-5-3-1;;;/h1-10H;1-2,4,6,9H,3,5,7H2;1-3H,4H2;2*1H;/q;2*-1;;;+2/p-2. The Labute approximate surface area is 231 Å². The summed E-state index contributed by atoms with van der Waals surface area (Å²) >= 11 is 1.46. The minimum absolute atomic E-state index is 0. The van der Waals surface area contributed by atoms with Crippen molar-refractivity contribution in [1.82, 2.24) is 0 Å². The molecule has 1 unspecified atom stereocenters. The summed E-state index contributed by atoms with van der Waals surface area (Å²) in [6.45, 7) is 0.